The minimum atomic E-state index is -0.272. The number of rotatable bonds is 4. The lowest BCUT2D eigenvalue weighted by molar-refractivity contribution is 0.619. The molecule has 1 aromatic carbocycles. The molecule has 1 heterocycles. The molecule has 0 aliphatic carbocycles. The number of aromatic nitrogens is 3. The highest BCUT2D eigenvalue weighted by atomic mass is 19.1. The molecule has 0 fully saturated rings. The zero-order valence-electron chi connectivity index (χ0n) is 11.9. The van der Waals surface area contributed by atoms with Crippen LogP contribution in [0.5, 0.6) is 0 Å². The minimum absolute atomic E-state index is 0.272. The Bertz CT molecular complexity index is 614. The number of hydrogen-bond donors (Lipinski definition) is 2. The average Bonchev–Trinajstić information content (AvgIpc) is 2.42. The van der Waals surface area contributed by atoms with E-state index in [0.29, 0.717) is 29.1 Å². The number of nitrogens with zero attached hydrogens (tertiary/aromatic N) is 4. The minimum Gasteiger partial charge on any atom is -0.357 e. The molecule has 2 aromatic rings. The maximum absolute atomic E-state index is 13.5. The molecule has 0 saturated carbocycles. The van der Waals surface area contributed by atoms with Crippen molar-refractivity contribution in [1.82, 2.24) is 15.0 Å². The summed E-state index contributed by atoms with van der Waals surface area (Å²) in [6.07, 6.45) is 0. The van der Waals surface area contributed by atoms with Gasteiger partial charge in [0.25, 0.3) is 0 Å². The summed E-state index contributed by atoms with van der Waals surface area (Å²) >= 11 is 0. The fourth-order valence-electron chi connectivity index (χ4n) is 1.53. The largest absolute Gasteiger partial charge is 0.357 e. The average molecular weight is 276 g/mol. The van der Waals surface area contributed by atoms with Crippen molar-refractivity contribution < 1.29 is 4.39 Å². The van der Waals surface area contributed by atoms with Crippen LogP contribution >= 0.6 is 0 Å². The molecular formula is C13H17FN6. The van der Waals surface area contributed by atoms with Crippen molar-refractivity contribution in [2.24, 2.45) is 0 Å². The number of nitrogens with one attached hydrogen (secondary N) is 2. The van der Waals surface area contributed by atoms with Gasteiger partial charge in [-0.15, -0.1) is 0 Å². The van der Waals surface area contributed by atoms with Crippen LogP contribution in [0.4, 0.5) is 27.9 Å². The Labute approximate surface area is 117 Å². The summed E-state index contributed by atoms with van der Waals surface area (Å²) < 4.78 is 13.5. The summed E-state index contributed by atoms with van der Waals surface area (Å²) in [5.74, 6) is 1.04. The monoisotopic (exact) mass is 276 g/mol. The van der Waals surface area contributed by atoms with Gasteiger partial charge in [0.15, 0.2) is 0 Å². The van der Waals surface area contributed by atoms with Gasteiger partial charge >= 0.3 is 0 Å². The van der Waals surface area contributed by atoms with Gasteiger partial charge < -0.3 is 15.5 Å². The van der Waals surface area contributed by atoms with Gasteiger partial charge in [0, 0.05) is 26.8 Å². The predicted octanol–water partition coefficient (Wildman–Crippen LogP) is 2.17. The number of aryl methyl sites for hydroxylation is 1. The standard InChI is InChI=1S/C13H17FN6/c1-8-5-6-9(7-10(8)14)16-12-17-11(15-2)18-13(19-12)20(3)4/h5-7H,1-4H3,(H2,15,16,17,18,19). The maximum atomic E-state index is 13.5. The molecule has 0 spiro atoms. The smallest absolute Gasteiger partial charge is 0.233 e. The first-order valence-corrected chi connectivity index (χ1v) is 6.14. The third-order valence-electron chi connectivity index (χ3n) is 2.68. The molecule has 0 atom stereocenters. The molecule has 2 N–H and O–H groups in total. The fourth-order valence-corrected chi connectivity index (χ4v) is 1.53. The van der Waals surface area contributed by atoms with E-state index in [1.165, 1.54) is 6.07 Å². The van der Waals surface area contributed by atoms with Gasteiger partial charge in [-0.25, -0.2) is 4.39 Å². The Kier molecular flexibility index (Phi) is 3.97. The van der Waals surface area contributed by atoms with Gasteiger partial charge in [-0.2, -0.15) is 15.0 Å². The van der Waals surface area contributed by atoms with E-state index in [1.807, 2.05) is 14.1 Å². The van der Waals surface area contributed by atoms with Crippen LogP contribution < -0.4 is 15.5 Å². The summed E-state index contributed by atoms with van der Waals surface area (Å²) in [5.41, 5.74) is 1.18. The molecule has 1 aromatic heterocycles. The van der Waals surface area contributed by atoms with Crippen molar-refractivity contribution in [3.8, 4) is 0 Å². The second kappa shape index (κ2) is 5.68. The van der Waals surface area contributed by atoms with Crippen LogP contribution in [0.2, 0.25) is 0 Å². The van der Waals surface area contributed by atoms with Crippen LogP contribution in [0.25, 0.3) is 0 Å². The van der Waals surface area contributed by atoms with Gasteiger partial charge in [-0.05, 0) is 24.6 Å². The Morgan fingerprint density at radius 1 is 1.10 bits per heavy atom. The van der Waals surface area contributed by atoms with Crippen molar-refractivity contribution >= 4 is 23.5 Å². The van der Waals surface area contributed by atoms with Crippen molar-refractivity contribution in [3.63, 3.8) is 0 Å². The molecule has 20 heavy (non-hydrogen) atoms. The third kappa shape index (κ3) is 3.11. The van der Waals surface area contributed by atoms with Gasteiger partial charge in [-0.1, -0.05) is 6.07 Å². The van der Waals surface area contributed by atoms with E-state index < -0.39 is 0 Å². The number of anilines is 4. The normalized spacial score (nSPS) is 10.2. The van der Waals surface area contributed by atoms with Crippen molar-refractivity contribution in [1.29, 1.82) is 0 Å². The molecule has 0 amide bonds. The molecule has 106 valence electrons. The maximum Gasteiger partial charge on any atom is 0.233 e. The highest BCUT2D eigenvalue weighted by Crippen LogP contribution is 2.19. The Balaban J connectivity index is 2.32. The summed E-state index contributed by atoms with van der Waals surface area (Å²) in [4.78, 5) is 14.4. The number of halogens is 1. The fraction of sp³-hybridized carbons (Fsp3) is 0.308. The zero-order valence-corrected chi connectivity index (χ0v) is 11.9. The van der Waals surface area contributed by atoms with Gasteiger partial charge in [0.1, 0.15) is 5.82 Å². The SMILES string of the molecule is CNc1nc(Nc2ccc(C)c(F)c2)nc(N(C)C)n1. The summed E-state index contributed by atoms with van der Waals surface area (Å²) in [6.45, 7) is 1.71. The predicted molar refractivity (Wildman–Crippen MR) is 78.1 cm³/mol. The first kappa shape index (κ1) is 14.0. The van der Waals surface area contributed by atoms with Gasteiger partial charge in [0.2, 0.25) is 17.8 Å². The molecule has 7 heteroatoms. The second-order valence-corrected chi connectivity index (χ2v) is 4.52. The Morgan fingerprint density at radius 3 is 2.40 bits per heavy atom. The van der Waals surface area contributed by atoms with Gasteiger partial charge in [0.05, 0.1) is 0 Å². The highest BCUT2D eigenvalue weighted by Gasteiger charge is 2.08. The molecule has 0 saturated heterocycles. The molecule has 0 unspecified atom stereocenters. The van der Waals surface area contributed by atoms with E-state index in [4.69, 9.17) is 0 Å². The third-order valence-corrected chi connectivity index (χ3v) is 2.68. The van der Waals surface area contributed by atoms with Crippen LogP contribution in [0.3, 0.4) is 0 Å². The van der Waals surface area contributed by atoms with Crippen LogP contribution in [0, 0.1) is 12.7 Å². The van der Waals surface area contributed by atoms with Crippen molar-refractivity contribution in [2.45, 2.75) is 6.92 Å². The lowest BCUT2D eigenvalue weighted by Gasteiger charge is -2.13. The van der Waals surface area contributed by atoms with E-state index >= 15 is 0 Å². The first-order chi connectivity index (χ1) is 9.49. The lowest BCUT2D eigenvalue weighted by atomic mass is 10.2. The summed E-state index contributed by atoms with van der Waals surface area (Å²) in [6, 6.07) is 4.88. The number of hydrogen-bond acceptors (Lipinski definition) is 6. The topological polar surface area (TPSA) is 66.0 Å². The molecule has 0 radical (unpaired) electrons. The molecule has 0 aliphatic rings. The van der Waals surface area contributed by atoms with E-state index in [2.05, 4.69) is 25.6 Å². The van der Waals surface area contributed by atoms with Crippen LogP contribution in [0.15, 0.2) is 18.2 Å². The van der Waals surface area contributed by atoms with E-state index in [9.17, 15) is 4.39 Å². The summed E-state index contributed by atoms with van der Waals surface area (Å²) in [7, 11) is 5.40. The quantitative estimate of drug-likeness (QED) is 0.892. The van der Waals surface area contributed by atoms with E-state index in [-0.39, 0.29) is 5.82 Å². The van der Waals surface area contributed by atoms with Crippen LogP contribution in [-0.2, 0) is 0 Å². The Morgan fingerprint density at radius 2 is 1.80 bits per heavy atom. The van der Waals surface area contributed by atoms with E-state index in [0.717, 1.165) is 0 Å². The molecular weight excluding hydrogens is 259 g/mol. The first-order valence-electron chi connectivity index (χ1n) is 6.14. The van der Waals surface area contributed by atoms with Crippen molar-refractivity contribution in [2.75, 3.05) is 36.7 Å². The van der Waals surface area contributed by atoms with Crippen molar-refractivity contribution in [3.05, 3.63) is 29.6 Å². The van der Waals surface area contributed by atoms with Crippen LogP contribution in [0.1, 0.15) is 5.56 Å². The lowest BCUT2D eigenvalue weighted by Crippen LogP contribution is -2.15. The molecule has 0 aliphatic heterocycles. The molecule has 0 bridgehead atoms. The van der Waals surface area contributed by atoms with E-state index in [1.54, 1.807) is 31.0 Å². The van der Waals surface area contributed by atoms with Crippen LogP contribution in [-0.4, -0.2) is 36.1 Å². The summed E-state index contributed by atoms with van der Waals surface area (Å²) in [5, 5.41) is 5.84. The second-order valence-electron chi connectivity index (χ2n) is 4.52. The Hall–Kier alpha value is -2.44. The zero-order chi connectivity index (χ0) is 14.7. The number of benzene rings is 1. The molecule has 2 rings (SSSR count). The highest BCUT2D eigenvalue weighted by molar-refractivity contribution is 5.56. The van der Waals surface area contributed by atoms with Gasteiger partial charge in [-0.3, -0.25) is 0 Å². The molecule has 6 nitrogen and oxygen atoms in total.